The van der Waals surface area contributed by atoms with Gasteiger partial charge >= 0.3 is 0 Å². The van der Waals surface area contributed by atoms with Crippen LogP contribution in [0.15, 0.2) is 22.9 Å². The Morgan fingerprint density at radius 1 is 1.58 bits per heavy atom. The second-order valence-electron chi connectivity index (χ2n) is 1.98. The van der Waals surface area contributed by atoms with Crippen molar-refractivity contribution in [2.75, 3.05) is 0 Å². The van der Waals surface area contributed by atoms with Crippen molar-refractivity contribution in [3.63, 3.8) is 0 Å². The Balaban J connectivity index is 2.86. The van der Waals surface area contributed by atoms with Crippen LogP contribution < -0.4 is 5.73 Å². The Morgan fingerprint density at radius 2 is 2.33 bits per heavy atom. The normalized spacial score (nSPS) is 8.42. The van der Waals surface area contributed by atoms with Crippen LogP contribution in [0.1, 0.15) is 5.56 Å². The molecule has 0 aliphatic carbocycles. The van der Waals surface area contributed by atoms with Crippen molar-refractivity contribution in [1.82, 2.24) is 4.98 Å². The van der Waals surface area contributed by atoms with E-state index in [0.717, 1.165) is 4.60 Å². The zero-order valence-corrected chi connectivity index (χ0v) is 7.63. The zero-order valence-electron chi connectivity index (χ0n) is 6.04. The summed E-state index contributed by atoms with van der Waals surface area (Å²) < 4.78 is 0.729. The molecule has 60 valence electrons. The summed E-state index contributed by atoms with van der Waals surface area (Å²) >= 11 is 3.17. The fraction of sp³-hybridized carbons (Fsp3) is 0. The molecule has 0 bridgehead atoms. The van der Waals surface area contributed by atoms with Gasteiger partial charge in [0.25, 0.3) is 5.91 Å². The average molecular weight is 225 g/mol. The Bertz CT molecular complexity index is 348. The van der Waals surface area contributed by atoms with Crippen molar-refractivity contribution in [3.05, 3.63) is 28.5 Å². The number of nitrogens with two attached hydrogens (primary N) is 1. The second-order valence-corrected chi connectivity index (χ2v) is 2.80. The van der Waals surface area contributed by atoms with E-state index in [2.05, 4.69) is 32.8 Å². The summed E-state index contributed by atoms with van der Waals surface area (Å²) in [6.07, 6.45) is 1.56. The van der Waals surface area contributed by atoms with Gasteiger partial charge in [-0.15, -0.1) is 0 Å². The van der Waals surface area contributed by atoms with Crippen molar-refractivity contribution in [2.45, 2.75) is 0 Å². The number of carbonyl (C=O) groups is 1. The van der Waals surface area contributed by atoms with Gasteiger partial charge in [0.05, 0.1) is 0 Å². The Labute approximate surface area is 78.1 Å². The molecule has 0 aromatic carbocycles. The van der Waals surface area contributed by atoms with E-state index in [0.29, 0.717) is 5.56 Å². The lowest BCUT2D eigenvalue weighted by atomic mass is 10.3. The van der Waals surface area contributed by atoms with Crippen LogP contribution in [0.25, 0.3) is 0 Å². The minimum atomic E-state index is -0.641. The molecule has 12 heavy (non-hydrogen) atoms. The monoisotopic (exact) mass is 224 g/mol. The number of carbonyl (C=O) groups excluding carboxylic acids is 1. The van der Waals surface area contributed by atoms with E-state index in [9.17, 15) is 4.79 Å². The number of primary amides is 1. The highest BCUT2D eigenvalue weighted by atomic mass is 79.9. The maximum absolute atomic E-state index is 10.3. The molecule has 0 aliphatic rings. The van der Waals surface area contributed by atoms with Gasteiger partial charge < -0.3 is 5.73 Å². The number of halogens is 1. The molecule has 0 radical (unpaired) electrons. The lowest BCUT2D eigenvalue weighted by Gasteiger charge is -1.88. The SMILES string of the molecule is NC(=O)C#Cc1ccc(Br)nc1. The van der Waals surface area contributed by atoms with Gasteiger partial charge in [0.15, 0.2) is 0 Å². The van der Waals surface area contributed by atoms with Gasteiger partial charge in [0, 0.05) is 17.7 Å². The van der Waals surface area contributed by atoms with Gasteiger partial charge in [0.1, 0.15) is 4.60 Å². The summed E-state index contributed by atoms with van der Waals surface area (Å²) in [7, 11) is 0. The summed E-state index contributed by atoms with van der Waals surface area (Å²) in [5.41, 5.74) is 5.49. The van der Waals surface area contributed by atoms with Gasteiger partial charge in [-0.3, -0.25) is 4.79 Å². The maximum atomic E-state index is 10.3. The molecule has 0 fully saturated rings. The second kappa shape index (κ2) is 3.88. The smallest absolute Gasteiger partial charge is 0.293 e. The Kier molecular flexibility index (Phi) is 2.83. The lowest BCUT2D eigenvalue weighted by Crippen LogP contribution is -2.06. The minimum Gasteiger partial charge on any atom is -0.359 e. The molecule has 1 amide bonds. The summed E-state index contributed by atoms with van der Waals surface area (Å²) in [5.74, 6) is 4.14. The van der Waals surface area contributed by atoms with Gasteiger partial charge in [-0.25, -0.2) is 4.98 Å². The minimum absolute atomic E-state index is 0.641. The van der Waals surface area contributed by atoms with Gasteiger partial charge in [-0.2, -0.15) is 0 Å². The van der Waals surface area contributed by atoms with E-state index in [-0.39, 0.29) is 0 Å². The molecule has 1 aromatic rings. The Morgan fingerprint density at radius 3 is 2.83 bits per heavy atom. The van der Waals surface area contributed by atoms with Crippen LogP contribution >= 0.6 is 15.9 Å². The number of pyridine rings is 1. The van der Waals surface area contributed by atoms with Gasteiger partial charge in [0.2, 0.25) is 0 Å². The summed E-state index contributed by atoms with van der Waals surface area (Å²) in [4.78, 5) is 14.2. The molecular formula is C8H5BrN2O. The van der Waals surface area contributed by atoms with E-state index in [4.69, 9.17) is 5.73 Å². The van der Waals surface area contributed by atoms with Crippen molar-refractivity contribution in [2.24, 2.45) is 5.73 Å². The molecule has 0 aliphatic heterocycles. The molecule has 0 atom stereocenters. The van der Waals surface area contributed by atoms with E-state index >= 15 is 0 Å². The van der Waals surface area contributed by atoms with Crippen LogP contribution in [0.3, 0.4) is 0 Å². The van der Waals surface area contributed by atoms with Crippen LogP contribution in [-0.2, 0) is 4.79 Å². The molecule has 3 nitrogen and oxygen atoms in total. The molecule has 0 unspecified atom stereocenters. The van der Waals surface area contributed by atoms with Crippen LogP contribution in [0.2, 0.25) is 0 Å². The molecule has 4 heteroatoms. The quantitative estimate of drug-likeness (QED) is 0.521. The molecule has 2 N–H and O–H groups in total. The number of amides is 1. The topological polar surface area (TPSA) is 56.0 Å². The molecule has 0 saturated carbocycles. The zero-order chi connectivity index (χ0) is 8.97. The fourth-order valence-electron chi connectivity index (χ4n) is 0.584. The molecule has 1 aromatic heterocycles. The highest BCUT2D eigenvalue weighted by Gasteiger charge is 1.88. The highest BCUT2D eigenvalue weighted by molar-refractivity contribution is 9.10. The van der Waals surface area contributed by atoms with E-state index in [1.807, 2.05) is 0 Å². The largest absolute Gasteiger partial charge is 0.359 e. The third-order valence-corrected chi connectivity index (χ3v) is 1.53. The van der Waals surface area contributed by atoms with Crippen LogP contribution in [0.5, 0.6) is 0 Å². The molecule has 0 saturated heterocycles. The average Bonchev–Trinajstić information content (AvgIpc) is 2.03. The number of aromatic nitrogens is 1. The van der Waals surface area contributed by atoms with Crippen LogP contribution in [0, 0.1) is 11.8 Å². The summed E-state index contributed by atoms with van der Waals surface area (Å²) in [6, 6.07) is 3.48. The molecule has 0 spiro atoms. The van der Waals surface area contributed by atoms with Crippen molar-refractivity contribution in [1.29, 1.82) is 0 Å². The predicted octanol–water partition coefficient (Wildman–Crippen LogP) is 0.681. The first-order valence-corrected chi connectivity index (χ1v) is 3.91. The van der Waals surface area contributed by atoms with Crippen molar-refractivity contribution >= 4 is 21.8 Å². The van der Waals surface area contributed by atoms with Crippen molar-refractivity contribution in [3.8, 4) is 11.8 Å². The van der Waals surface area contributed by atoms with Gasteiger partial charge in [-0.1, -0.05) is 5.92 Å². The van der Waals surface area contributed by atoms with Crippen molar-refractivity contribution < 1.29 is 4.79 Å². The summed E-state index contributed by atoms with van der Waals surface area (Å²) in [6.45, 7) is 0. The van der Waals surface area contributed by atoms with Crippen LogP contribution in [-0.4, -0.2) is 10.9 Å². The maximum Gasteiger partial charge on any atom is 0.293 e. The number of nitrogens with zero attached hydrogens (tertiary/aromatic N) is 1. The van der Waals surface area contributed by atoms with E-state index in [1.54, 1.807) is 18.3 Å². The van der Waals surface area contributed by atoms with Gasteiger partial charge in [-0.05, 0) is 28.1 Å². The molecular weight excluding hydrogens is 220 g/mol. The first kappa shape index (κ1) is 8.75. The summed E-state index contributed by atoms with van der Waals surface area (Å²) in [5, 5.41) is 0. The first-order valence-electron chi connectivity index (χ1n) is 3.11. The fourth-order valence-corrected chi connectivity index (χ4v) is 0.818. The number of rotatable bonds is 0. The standard InChI is InChI=1S/C8H5BrN2O/c9-7-3-1-6(5-11-7)2-4-8(10)12/h1,3,5H,(H2,10,12). The first-order chi connectivity index (χ1) is 5.68. The predicted molar refractivity (Wildman–Crippen MR) is 48.0 cm³/mol. The van der Waals surface area contributed by atoms with Crippen LogP contribution in [0.4, 0.5) is 0 Å². The lowest BCUT2D eigenvalue weighted by molar-refractivity contribution is -0.112. The van der Waals surface area contributed by atoms with E-state index < -0.39 is 5.91 Å². The highest BCUT2D eigenvalue weighted by Crippen LogP contribution is 2.04. The Hall–Kier alpha value is -1.34. The molecule has 1 rings (SSSR count). The number of hydrogen-bond donors (Lipinski definition) is 1. The third kappa shape index (κ3) is 2.72. The molecule has 1 heterocycles. The number of hydrogen-bond acceptors (Lipinski definition) is 2. The van der Waals surface area contributed by atoms with E-state index in [1.165, 1.54) is 0 Å². The third-order valence-electron chi connectivity index (χ3n) is 1.06.